The Morgan fingerprint density at radius 1 is 0.882 bits per heavy atom. The fourth-order valence-electron chi connectivity index (χ4n) is 2.23. The first kappa shape index (κ1) is 10.5. The predicted molar refractivity (Wildman–Crippen MR) is 64.2 cm³/mol. The van der Waals surface area contributed by atoms with E-state index in [4.69, 9.17) is 0 Å². The number of hydrogen-bond acceptors (Lipinski definition) is 0. The highest BCUT2D eigenvalue weighted by molar-refractivity contribution is 5.69. The molecule has 2 heteroatoms. The van der Waals surface area contributed by atoms with E-state index in [2.05, 4.69) is 0 Å². The van der Waals surface area contributed by atoms with E-state index in [9.17, 15) is 8.78 Å². The average molecular weight is 230 g/mol. The third-order valence-corrected chi connectivity index (χ3v) is 3.25. The Morgan fingerprint density at radius 2 is 1.47 bits per heavy atom. The average Bonchev–Trinajstić information content (AvgIpc) is 2.99. The van der Waals surface area contributed by atoms with E-state index >= 15 is 0 Å². The van der Waals surface area contributed by atoms with Gasteiger partial charge < -0.3 is 0 Å². The maximum absolute atomic E-state index is 13.2. The van der Waals surface area contributed by atoms with Crippen molar-refractivity contribution in [3.8, 4) is 11.1 Å². The van der Waals surface area contributed by atoms with Gasteiger partial charge in [-0.2, -0.15) is 0 Å². The van der Waals surface area contributed by atoms with Crippen molar-refractivity contribution >= 4 is 0 Å². The number of halogens is 2. The van der Waals surface area contributed by atoms with Gasteiger partial charge in [0.1, 0.15) is 0 Å². The van der Waals surface area contributed by atoms with Gasteiger partial charge in [-0.15, -0.1) is 0 Å². The fraction of sp³-hybridized carbons (Fsp3) is 0.200. The molecule has 1 atom stereocenters. The van der Waals surface area contributed by atoms with Crippen molar-refractivity contribution in [1.82, 2.24) is 0 Å². The predicted octanol–water partition coefficient (Wildman–Crippen LogP) is 4.48. The maximum Gasteiger partial charge on any atom is 0.255 e. The Labute approximate surface area is 98.9 Å². The van der Waals surface area contributed by atoms with Crippen molar-refractivity contribution in [2.45, 2.75) is 18.3 Å². The quantitative estimate of drug-likeness (QED) is 0.713. The molecule has 3 rings (SSSR count). The van der Waals surface area contributed by atoms with E-state index in [-0.39, 0.29) is 6.42 Å². The Hall–Kier alpha value is -1.70. The Balaban J connectivity index is 2.07. The van der Waals surface area contributed by atoms with Gasteiger partial charge in [0.25, 0.3) is 5.92 Å². The first-order valence-corrected chi connectivity index (χ1v) is 5.71. The van der Waals surface area contributed by atoms with Gasteiger partial charge in [-0.1, -0.05) is 54.6 Å². The van der Waals surface area contributed by atoms with Gasteiger partial charge in [0.15, 0.2) is 0 Å². The normalized spacial score (nSPS) is 21.2. The molecule has 2 aromatic rings. The third-order valence-electron chi connectivity index (χ3n) is 3.25. The first-order valence-electron chi connectivity index (χ1n) is 5.71. The molecule has 0 aliphatic heterocycles. The van der Waals surface area contributed by atoms with Crippen LogP contribution in [0.5, 0.6) is 0 Å². The van der Waals surface area contributed by atoms with Gasteiger partial charge in [-0.25, -0.2) is 8.78 Å². The molecule has 0 spiro atoms. The zero-order chi connectivity index (χ0) is 11.9. The van der Waals surface area contributed by atoms with Crippen molar-refractivity contribution in [3.05, 3.63) is 60.2 Å². The molecule has 0 N–H and O–H groups in total. The third kappa shape index (κ3) is 1.84. The van der Waals surface area contributed by atoms with Crippen molar-refractivity contribution in [3.63, 3.8) is 0 Å². The van der Waals surface area contributed by atoms with Crippen LogP contribution in [0.1, 0.15) is 17.9 Å². The smallest absolute Gasteiger partial charge is 0.206 e. The second-order valence-corrected chi connectivity index (χ2v) is 4.47. The molecule has 1 unspecified atom stereocenters. The lowest BCUT2D eigenvalue weighted by Gasteiger charge is -2.08. The van der Waals surface area contributed by atoms with Gasteiger partial charge in [0, 0.05) is 6.42 Å². The second kappa shape index (κ2) is 3.66. The molecule has 1 fully saturated rings. The highest BCUT2D eigenvalue weighted by Crippen LogP contribution is 2.57. The lowest BCUT2D eigenvalue weighted by molar-refractivity contribution is 0.112. The summed E-state index contributed by atoms with van der Waals surface area (Å²) in [7, 11) is 0. The van der Waals surface area contributed by atoms with Crippen LogP contribution in [-0.4, -0.2) is 5.92 Å². The highest BCUT2D eigenvalue weighted by Gasteiger charge is 2.58. The summed E-state index contributed by atoms with van der Waals surface area (Å²) in [6.07, 6.45) is -0.0170. The van der Waals surface area contributed by atoms with Crippen LogP contribution in [-0.2, 0) is 0 Å². The summed E-state index contributed by atoms with van der Waals surface area (Å²) in [4.78, 5) is 0. The summed E-state index contributed by atoms with van der Waals surface area (Å²) in [5, 5.41) is 0. The van der Waals surface area contributed by atoms with Crippen LogP contribution in [0.4, 0.5) is 8.78 Å². The van der Waals surface area contributed by atoms with Gasteiger partial charge in [0.05, 0.1) is 5.92 Å². The molecule has 0 amide bonds. The fourth-order valence-corrected chi connectivity index (χ4v) is 2.23. The second-order valence-electron chi connectivity index (χ2n) is 4.47. The summed E-state index contributed by atoms with van der Waals surface area (Å²) < 4.78 is 26.4. The van der Waals surface area contributed by atoms with Crippen LogP contribution in [0.2, 0.25) is 0 Å². The largest absolute Gasteiger partial charge is 0.255 e. The summed E-state index contributed by atoms with van der Waals surface area (Å²) in [5.41, 5.74) is 2.70. The molecule has 0 nitrogen and oxygen atoms in total. The van der Waals surface area contributed by atoms with Crippen LogP contribution in [0, 0.1) is 0 Å². The minimum absolute atomic E-state index is 0.0170. The molecule has 86 valence electrons. The summed E-state index contributed by atoms with van der Waals surface area (Å²) in [6.45, 7) is 0. The minimum Gasteiger partial charge on any atom is -0.206 e. The summed E-state index contributed by atoms with van der Waals surface area (Å²) >= 11 is 0. The molecular formula is C15H12F2. The Morgan fingerprint density at radius 3 is 2.12 bits per heavy atom. The lowest BCUT2D eigenvalue weighted by atomic mass is 9.97. The van der Waals surface area contributed by atoms with Gasteiger partial charge in [-0.3, -0.25) is 0 Å². The number of benzene rings is 2. The van der Waals surface area contributed by atoms with Gasteiger partial charge >= 0.3 is 0 Å². The molecule has 0 radical (unpaired) electrons. The standard InChI is InChI=1S/C15H12F2/c16-15(17)10-14(15)13-9-5-4-8-12(13)11-6-2-1-3-7-11/h1-9,14H,10H2. The number of rotatable bonds is 2. The number of hydrogen-bond donors (Lipinski definition) is 0. The first-order chi connectivity index (χ1) is 8.18. The zero-order valence-electron chi connectivity index (χ0n) is 9.24. The Bertz CT molecular complexity index is 532. The van der Waals surface area contributed by atoms with Gasteiger partial charge in [-0.05, 0) is 16.7 Å². The van der Waals surface area contributed by atoms with Crippen LogP contribution in [0.25, 0.3) is 11.1 Å². The molecule has 17 heavy (non-hydrogen) atoms. The van der Waals surface area contributed by atoms with Gasteiger partial charge in [0.2, 0.25) is 0 Å². The van der Waals surface area contributed by atoms with E-state index in [1.165, 1.54) is 0 Å². The highest BCUT2D eigenvalue weighted by atomic mass is 19.3. The van der Waals surface area contributed by atoms with E-state index < -0.39 is 11.8 Å². The van der Waals surface area contributed by atoms with Crippen LogP contribution < -0.4 is 0 Å². The molecule has 0 aromatic heterocycles. The molecule has 0 heterocycles. The van der Waals surface area contributed by atoms with E-state index in [1.54, 1.807) is 0 Å². The van der Waals surface area contributed by atoms with Crippen LogP contribution in [0.15, 0.2) is 54.6 Å². The van der Waals surface area contributed by atoms with E-state index in [0.29, 0.717) is 0 Å². The molecule has 1 aliphatic carbocycles. The van der Waals surface area contributed by atoms with E-state index in [1.807, 2.05) is 54.6 Å². The van der Waals surface area contributed by atoms with E-state index in [0.717, 1.165) is 16.7 Å². The molecule has 1 saturated carbocycles. The molecule has 0 bridgehead atoms. The topological polar surface area (TPSA) is 0 Å². The summed E-state index contributed by atoms with van der Waals surface area (Å²) in [6, 6.07) is 17.2. The lowest BCUT2D eigenvalue weighted by Crippen LogP contribution is -1.95. The monoisotopic (exact) mass is 230 g/mol. The van der Waals surface area contributed by atoms with Crippen LogP contribution in [0.3, 0.4) is 0 Å². The maximum atomic E-state index is 13.2. The molecular weight excluding hydrogens is 218 g/mol. The zero-order valence-corrected chi connectivity index (χ0v) is 9.24. The minimum atomic E-state index is -2.51. The summed E-state index contributed by atoms with van der Waals surface area (Å²) in [5.74, 6) is -3.11. The van der Waals surface area contributed by atoms with Crippen LogP contribution >= 0.6 is 0 Å². The molecule has 0 saturated heterocycles. The van der Waals surface area contributed by atoms with Crippen molar-refractivity contribution in [2.24, 2.45) is 0 Å². The van der Waals surface area contributed by atoms with Crippen molar-refractivity contribution in [1.29, 1.82) is 0 Å². The molecule has 2 aromatic carbocycles. The van der Waals surface area contributed by atoms with Crippen molar-refractivity contribution in [2.75, 3.05) is 0 Å². The molecule has 1 aliphatic rings. The Kier molecular flexibility index (Phi) is 2.25. The SMILES string of the molecule is FC1(F)CC1c1ccccc1-c1ccccc1. The van der Waals surface area contributed by atoms with Crippen molar-refractivity contribution < 1.29 is 8.78 Å². The number of alkyl halides is 2.